The van der Waals surface area contributed by atoms with Gasteiger partial charge >= 0.3 is 0 Å². The topological polar surface area (TPSA) is 48.5 Å². The van der Waals surface area contributed by atoms with Crippen molar-refractivity contribution >= 4 is 17.7 Å². The Hall–Kier alpha value is -2.66. The van der Waals surface area contributed by atoms with Crippen molar-refractivity contribution in [2.45, 2.75) is 26.3 Å². The van der Waals surface area contributed by atoms with Gasteiger partial charge in [0.1, 0.15) is 5.69 Å². The highest BCUT2D eigenvalue weighted by atomic mass is 16.1. The highest BCUT2D eigenvalue weighted by Crippen LogP contribution is 2.17. The van der Waals surface area contributed by atoms with Crippen molar-refractivity contribution in [3.8, 4) is 0 Å². The molecule has 3 rings (SSSR count). The molecule has 2 aromatic rings. The first-order valence-electron chi connectivity index (χ1n) is 10.1. The van der Waals surface area contributed by atoms with Crippen LogP contribution in [0.1, 0.15) is 36.3 Å². The first-order chi connectivity index (χ1) is 13.7. The van der Waals surface area contributed by atoms with Crippen molar-refractivity contribution in [3.05, 3.63) is 66.0 Å². The summed E-state index contributed by atoms with van der Waals surface area (Å²) >= 11 is 0. The van der Waals surface area contributed by atoms with Crippen LogP contribution in [0.3, 0.4) is 0 Å². The van der Waals surface area contributed by atoms with E-state index in [0.29, 0.717) is 5.69 Å². The zero-order chi connectivity index (χ0) is 19.8. The summed E-state index contributed by atoms with van der Waals surface area (Å²) in [4.78, 5) is 21.4. The van der Waals surface area contributed by atoms with Gasteiger partial charge in [-0.1, -0.05) is 49.4 Å². The maximum Gasteiger partial charge on any atom is 0.270 e. The third-order valence-corrected chi connectivity index (χ3v) is 5.18. The minimum Gasteiger partial charge on any atom is -0.369 e. The number of benzene rings is 1. The number of pyridine rings is 1. The lowest BCUT2D eigenvalue weighted by molar-refractivity contribution is 0.0934. The molecule has 0 radical (unpaired) electrons. The first kappa shape index (κ1) is 20.1. The molecule has 1 saturated heterocycles. The van der Waals surface area contributed by atoms with E-state index >= 15 is 0 Å². The predicted octanol–water partition coefficient (Wildman–Crippen LogP) is 3.45. The van der Waals surface area contributed by atoms with Crippen LogP contribution in [-0.4, -0.2) is 54.6 Å². The molecule has 148 valence electrons. The lowest BCUT2D eigenvalue weighted by Gasteiger charge is -2.35. The maximum absolute atomic E-state index is 12.3. The third kappa shape index (κ3) is 5.67. The van der Waals surface area contributed by atoms with E-state index in [1.807, 2.05) is 25.1 Å². The van der Waals surface area contributed by atoms with Gasteiger partial charge < -0.3 is 10.2 Å². The Kier molecular flexibility index (Phi) is 7.20. The van der Waals surface area contributed by atoms with E-state index in [9.17, 15) is 4.79 Å². The predicted molar refractivity (Wildman–Crippen MR) is 116 cm³/mol. The van der Waals surface area contributed by atoms with Crippen LogP contribution in [-0.2, 0) is 0 Å². The number of carbonyl (C=O) groups excluding carboxylic acids is 1. The molecule has 0 aliphatic carbocycles. The normalized spacial score (nSPS) is 16.3. The van der Waals surface area contributed by atoms with Gasteiger partial charge in [-0.3, -0.25) is 14.7 Å². The van der Waals surface area contributed by atoms with Crippen molar-refractivity contribution in [2.24, 2.45) is 0 Å². The number of carbonyl (C=O) groups is 1. The van der Waals surface area contributed by atoms with Gasteiger partial charge in [-0.2, -0.15) is 0 Å². The van der Waals surface area contributed by atoms with Crippen LogP contribution < -0.4 is 10.2 Å². The molecule has 2 heterocycles. The number of nitrogens with zero attached hydrogens (tertiary/aromatic N) is 3. The van der Waals surface area contributed by atoms with Crippen LogP contribution >= 0.6 is 0 Å². The molecule has 1 aromatic carbocycles. The average Bonchev–Trinajstić information content (AvgIpc) is 2.75. The van der Waals surface area contributed by atoms with Crippen molar-refractivity contribution in [1.29, 1.82) is 0 Å². The standard InChI is InChI=1S/C23H30N4O/c1-3-19(2)25-23(28)22-18-21(11-12-24-22)27-16-14-26(15-17-27)13-7-10-20-8-5-4-6-9-20/h4-12,18-19H,3,13-17H2,1-2H3,(H,25,28)/b10-7+. The molecule has 1 amide bonds. The molecular formula is C23H30N4O. The van der Waals surface area contributed by atoms with E-state index in [1.54, 1.807) is 6.20 Å². The van der Waals surface area contributed by atoms with E-state index in [1.165, 1.54) is 5.56 Å². The highest BCUT2D eigenvalue weighted by Gasteiger charge is 2.18. The van der Waals surface area contributed by atoms with Gasteiger partial charge in [0, 0.05) is 50.6 Å². The second-order valence-electron chi connectivity index (χ2n) is 7.28. The Morgan fingerprint density at radius 2 is 1.93 bits per heavy atom. The number of hydrogen-bond acceptors (Lipinski definition) is 4. The van der Waals surface area contributed by atoms with Crippen LogP contribution in [0.15, 0.2) is 54.7 Å². The maximum atomic E-state index is 12.3. The van der Waals surface area contributed by atoms with Gasteiger partial charge in [0.15, 0.2) is 0 Å². The molecule has 28 heavy (non-hydrogen) atoms. The summed E-state index contributed by atoms with van der Waals surface area (Å²) in [6.07, 6.45) is 7.05. The Morgan fingerprint density at radius 1 is 1.18 bits per heavy atom. The molecule has 5 heteroatoms. The van der Waals surface area contributed by atoms with Crippen LogP contribution in [0.2, 0.25) is 0 Å². The minimum atomic E-state index is -0.0964. The highest BCUT2D eigenvalue weighted by molar-refractivity contribution is 5.93. The van der Waals surface area contributed by atoms with Gasteiger partial charge in [0.05, 0.1) is 0 Å². The minimum absolute atomic E-state index is 0.0964. The summed E-state index contributed by atoms with van der Waals surface area (Å²) < 4.78 is 0. The third-order valence-electron chi connectivity index (χ3n) is 5.18. The van der Waals surface area contributed by atoms with E-state index in [-0.39, 0.29) is 11.9 Å². The molecule has 0 spiro atoms. The summed E-state index contributed by atoms with van der Waals surface area (Å²) in [6, 6.07) is 14.4. The lowest BCUT2D eigenvalue weighted by Crippen LogP contribution is -2.46. The van der Waals surface area contributed by atoms with Gasteiger partial charge in [-0.15, -0.1) is 0 Å². The van der Waals surface area contributed by atoms with Crippen LogP contribution in [0.25, 0.3) is 6.08 Å². The van der Waals surface area contributed by atoms with Crippen LogP contribution in [0, 0.1) is 0 Å². The van der Waals surface area contributed by atoms with E-state index < -0.39 is 0 Å². The number of nitrogens with one attached hydrogen (secondary N) is 1. The number of hydrogen-bond donors (Lipinski definition) is 1. The van der Waals surface area contributed by atoms with Gasteiger partial charge in [-0.05, 0) is 31.0 Å². The molecule has 5 nitrogen and oxygen atoms in total. The zero-order valence-corrected chi connectivity index (χ0v) is 16.8. The average molecular weight is 379 g/mol. The molecule has 0 bridgehead atoms. The SMILES string of the molecule is CCC(C)NC(=O)c1cc(N2CCN(C/C=C/c3ccccc3)CC2)ccn1. The molecule has 1 fully saturated rings. The van der Waals surface area contributed by atoms with Crippen molar-refractivity contribution in [1.82, 2.24) is 15.2 Å². The van der Waals surface area contributed by atoms with E-state index in [0.717, 1.165) is 44.8 Å². The number of rotatable bonds is 7. The summed E-state index contributed by atoms with van der Waals surface area (Å²) in [5, 5.41) is 2.98. The molecule has 1 aliphatic rings. The summed E-state index contributed by atoms with van der Waals surface area (Å²) in [5.41, 5.74) is 2.80. The Balaban J connectivity index is 1.51. The number of aromatic nitrogens is 1. The Labute approximate surface area is 168 Å². The first-order valence-corrected chi connectivity index (χ1v) is 10.1. The van der Waals surface area contributed by atoms with Gasteiger partial charge in [-0.25, -0.2) is 0 Å². The quantitative estimate of drug-likeness (QED) is 0.802. The summed E-state index contributed by atoms with van der Waals surface area (Å²) in [5.74, 6) is -0.0964. The number of anilines is 1. The largest absolute Gasteiger partial charge is 0.369 e. The van der Waals surface area contributed by atoms with Crippen LogP contribution in [0.5, 0.6) is 0 Å². The van der Waals surface area contributed by atoms with Crippen LogP contribution in [0.4, 0.5) is 5.69 Å². The second-order valence-corrected chi connectivity index (χ2v) is 7.28. The number of amides is 1. The van der Waals surface area contributed by atoms with Gasteiger partial charge in [0.25, 0.3) is 5.91 Å². The fourth-order valence-electron chi connectivity index (χ4n) is 3.23. The Bertz CT molecular complexity index is 782. The summed E-state index contributed by atoms with van der Waals surface area (Å²) in [7, 11) is 0. The molecule has 1 atom stereocenters. The molecule has 1 aliphatic heterocycles. The molecule has 0 saturated carbocycles. The Morgan fingerprint density at radius 3 is 2.64 bits per heavy atom. The molecule has 1 N–H and O–H groups in total. The van der Waals surface area contributed by atoms with Crippen molar-refractivity contribution < 1.29 is 4.79 Å². The van der Waals surface area contributed by atoms with E-state index in [4.69, 9.17) is 0 Å². The summed E-state index contributed by atoms with van der Waals surface area (Å²) in [6.45, 7) is 8.95. The lowest BCUT2D eigenvalue weighted by atomic mass is 10.2. The molecule has 1 unspecified atom stereocenters. The van der Waals surface area contributed by atoms with Crippen molar-refractivity contribution in [3.63, 3.8) is 0 Å². The fraction of sp³-hybridized carbons (Fsp3) is 0.391. The van der Waals surface area contributed by atoms with E-state index in [2.05, 4.69) is 63.4 Å². The second kappa shape index (κ2) is 10.0. The molecular weight excluding hydrogens is 348 g/mol. The molecule has 1 aromatic heterocycles. The van der Waals surface area contributed by atoms with Crippen molar-refractivity contribution in [2.75, 3.05) is 37.6 Å². The number of piperazine rings is 1. The zero-order valence-electron chi connectivity index (χ0n) is 16.8. The smallest absolute Gasteiger partial charge is 0.270 e. The monoisotopic (exact) mass is 378 g/mol. The fourth-order valence-corrected chi connectivity index (χ4v) is 3.23. The van der Waals surface area contributed by atoms with Gasteiger partial charge in [0.2, 0.25) is 0 Å².